The lowest BCUT2D eigenvalue weighted by Gasteiger charge is -2.31. The molecule has 1 heterocycles. The van der Waals surface area contributed by atoms with E-state index < -0.39 is 16.1 Å². The number of imide groups is 1. The predicted octanol–water partition coefficient (Wildman–Crippen LogP) is -0.145. The number of hydrogen-bond acceptors (Lipinski definition) is 4. The number of amides is 3. The smallest absolute Gasteiger partial charge is 0.321 e. The number of rotatable bonds is 7. The molecule has 0 bridgehead atoms. The van der Waals surface area contributed by atoms with E-state index in [9.17, 15) is 18.0 Å². The second-order valence-electron chi connectivity index (χ2n) is 6.45. The van der Waals surface area contributed by atoms with E-state index in [-0.39, 0.29) is 17.3 Å². The van der Waals surface area contributed by atoms with Crippen LogP contribution in [0.4, 0.5) is 4.79 Å². The fourth-order valence-electron chi connectivity index (χ4n) is 2.82. The lowest BCUT2D eigenvalue weighted by Crippen LogP contribution is -3.15. The number of carbonyl (C=O) groups excluding carboxylic acids is 2. The third kappa shape index (κ3) is 6.46. The lowest BCUT2D eigenvalue weighted by atomic mass is 10.3. The maximum atomic E-state index is 12.7. The minimum Gasteiger partial charge on any atom is -0.338 e. The first kappa shape index (κ1) is 21.6. The van der Waals surface area contributed by atoms with E-state index in [1.165, 1.54) is 16.4 Å². The Balaban J connectivity index is 1.81. The van der Waals surface area contributed by atoms with Gasteiger partial charge in [0.1, 0.15) is 0 Å². The first-order valence-electron chi connectivity index (χ1n) is 9.00. The number of sulfonamides is 1. The number of halogens is 1. The van der Waals surface area contributed by atoms with Crippen LogP contribution in [0.15, 0.2) is 29.2 Å². The molecule has 3 amide bonds. The molecule has 1 aliphatic rings. The summed E-state index contributed by atoms with van der Waals surface area (Å²) in [5, 5.41) is 5.30. The summed E-state index contributed by atoms with van der Waals surface area (Å²) in [6, 6.07) is 5.69. The zero-order chi connectivity index (χ0) is 19.9. The van der Waals surface area contributed by atoms with Gasteiger partial charge in [0.25, 0.3) is 5.91 Å². The molecule has 0 aromatic heterocycles. The van der Waals surface area contributed by atoms with Crippen LogP contribution in [-0.2, 0) is 14.8 Å². The van der Waals surface area contributed by atoms with Crippen LogP contribution in [0.1, 0.15) is 19.8 Å². The third-order valence-electron chi connectivity index (χ3n) is 4.34. The molecule has 0 aliphatic carbocycles. The average molecular weight is 418 g/mol. The Morgan fingerprint density at radius 3 is 2.59 bits per heavy atom. The molecular formula is C17H26ClN4O4S+. The van der Waals surface area contributed by atoms with E-state index in [2.05, 4.69) is 10.6 Å². The number of nitrogens with zero attached hydrogens (tertiary/aromatic N) is 1. The second-order valence-corrected chi connectivity index (χ2v) is 8.82. The third-order valence-corrected chi connectivity index (χ3v) is 6.47. The summed E-state index contributed by atoms with van der Waals surface area (Å²) in [6.45, 7) is 4.27. The highest BCUT2D eigenvalue weighted by Crippen LogP contribution is 2.19. The van der Waals surface area contributed by atoms with Gasteiger partial charge in [0.15, 0.2) is 6.54 Å². The highest BCUT2D eigenvalue weighted by Gasteiger charge is 2.31. The molecule has 0 radical (unpaired) electrons. The number of benzene rings is 1. The maximum Gasteiger partial charge on any atom is 0.321 e. The number of nitrogens with one attached hydrogen (secondary N) is 3. The molecule has 8 nitrogen and oxygen atoms in total. The van der Waals surface area contributed by atoms with Crippen LogP contribution >= 0.6 is 11.6 Å². The van der Waals surface area contributed by atoms with Crippen molar-refractivity contribution < 1.29 is 22.9 Å². The van der Waals surface area contributed by atoms with Gasteiger partial charge in [-0.3, -0.25) is 10.1 Å². The van der Waals surface area contributed by atoms with Crippen LogP contribution in [0.3, 0.4) is 0 Å². The van der Waals surface area contributed by atoms with Crippen molar-refractivity contribution in [2.75, 3.05) is 39.3 Å². The first-order valence-corrected chi connectivity index (χ1v) is 10.8. The molecule has 10 heteroatoms. The Labute approximate surface area is 164 Å². The van der Waals surface area contributed by atoms with E-state index in [1.54, 1.807) is 12.1 Å². The number of quaternary nitrogens is 1. The molecule has 2 rings (SSSR count). The Hall–Kier alpha value is -1.68. The van der Waals surface area contributed by atoms with Gasteiger partial charge in [-0.1, -0.05) is 31.0 Å². The molecule has 0 spiro atoms. The van der Waals surface area contributed by atoms with Crippen LogP contribution < -0.4 is 15.5 Å². The van der Waals surface area contributed by atoms with Gasteiger partial charge in [0.05, 0.1) is 31.1 Å². The van der Waals surface area contributed by atoms with Gasteiger partial charge in [-0.15, -0.1) is 0 Å². The van der Waals surface area contributed by atoms with Gasteiger partial charge in [-0.25, -0.2) is 13.2 Å². The molecule has 1 aromatic rings. The highest BCUT2D eigenvalue weighted by molar-refractivity contribution is 7.89. The Bertz CT molecular complexity index is 764. The Morgan fingerprint density at radius 1 is 1.26 bits per heavy atom. The van der Waals surface area contributed by atoms with Gasteiger partial charge < -0.3 is 10.2 Å². The van der Waals surface area contributed by atoms with Crippen molar-refractivity contribution in [3.8, 4) is 0 Å². The Kier molecular flexibility index (Phi) is 8.03. The summed E-state index contributed by atoms with van der Waals surface area (Å²) in [7, 11) is -3.60. The minimum atomic E-state index is -3.60. The summed E-state index contributed by atoms with van der Waals surface area (Å²) >= 11 is 5.89. The first-order chi connectivity index (χ1) is 12.8. The fourth-order valence-corrected chi connectivity index (χ4v) is 4.56. The van der Waals surface area contributed by atoms with Crippen molar-refractivity contribution in [2.45, 2.75) is 24.7 Å². The molecule has 1 aromatic carbocycles. The molecule has 0 unspecified atom stereocenters. The molecule has 0 atom stereocenters. The van der Waals surface area contributed by atoms with Gasteiger partial charge in [-0.2, -0.15) is 4.31 Å². The number of urea groups is 1. The Morgan fingerprint density at radius 2 is 1.96 bits per heavy atom. The molecule has 1 aliphatic heterocycles. The highest BCUT2D eigenvalue weighted by atomic mass is 35.5. The minimum absolute atomic E-state index is 0.131. The summed E-state index contributed by atoms with van der Waals surface area (Å²) in [5.74, 6) is -0.370. The van der Waals surface area contributed by atoms with Crippen molar-refractivity contribution >= 4 is 33.6 Å². The van der Waals surface area contributed by atoms with E-state index in [1.807, 2.05) is 6.92 Å². The fraction of sp³-hybridized carbons (Fsp3) is 0.529. The molecule has 1 fully saturated rings. The predicted molar refractivity (Wildman–Crippen MR) is 102 cm³/mol. The number of piperazine rings is 1. The number of hydrogen-bond donors (Lipinski definition) is 3. The van der Waals surface area contributed by atoms with E-state index >= 15 is 0 Å². The van der Waals surface area contributed by atoms with Gasteiger partial charge >= 0.3 is 6.03 Å². The van der Waals surface area contributed by atoms with Crippen LogP contribution in [-0.4, -0.2) is 63.9 Å². The second kappa shape index (κ2) is 10.0. The summed E-state index contributed by atoms with van der Waals surface area (Å²) in [4.78, 5) is 24.6. The summed E-state index contributed by atoms with van der Waals surface area (Å²) in [5.41, 5.74) is 0. The molecule has 3 N–H and O–H groups in total. The summed E-state index contributed by atoms with van der Waals surface area (Å²) < 4.78 is 26.7. The lowest BCUT2D eigenvalue weighted by molar-refractivity contribution is -0.895. The normalized spacial score (nSPS) is 16.1. The zero-order valence-electron chi connectivity index (χ0n) is 15.3. The molecule has 150 valence electrons. The SMILES string of the molecule is CCCCNC(=O)NC(=O)C[NH+]1CCN(S(=O)(=O)c2cccc(Cl)c2)CC1. The molecule has 1 saturated heterocycles. The van der Waals surface area contributed by atoms with E-state index in [0.717, 1.165) is 17.7 Å². The van der Waals surface area contributed by atoms with E-state index in [4.69, 9.17) is 11.6 Å². The van der Waals surface area contributed by atoms with Crippen LogP contribution in [0.2, 0.25) is 5.02 Å². The van der Waals surface area contributed by atoms with Crippen molar-refractivity contribution in [3.63, 3.8) is 0 Å². The standard InChI is InChI=1S/C17H25ClN4O4S/c1-2-3-7-19-17(24)20-16(23)13-21-8-10-22(11-9-21)27(25,26)15-6-4-5-14(18)12-15/h4-6,12H,2-3,7-11,13H2,1H3,(H2,19,20,23,24)/p+1. The van der Waals surface area contributed by atoms with Crippen LogP contribution in [0.25, 0.3) is 0 Å². The molecule has 27 heavy (non-hydrogen) atoms. The maximum absolute atomic E-state index is 12.7. The number of unbranched alkanes of at least 4 members (excludes halogenated alkanes) is 1. The largest absolute Gasteiger partial charge is 0.338 e. The van der Waals surface area contributed by atoms with Crippen molar-refractivity contribution in [2.24, 2.45) is 0 Å². The van der Waals surface area contributed by atoms with Crippen molar-refractivity contribution in [1.29, 1.82) is 0 Å². The van der Waals surface area contributed by atoms with Gasteiger partial charge in [-0.05, 0) is 24.6 Å². The molecular weight excluding hydrogens is 392 g/mol. The van der Waals surface area contributed by atoms with Crippen molar-refractivity contribution in [3.05, 3.63) is 29.3 Å². The zero-order valence-corrected chi connectivity index (χ0v) is 16.9. The van der Waals surface area contributed by atoms with E-state index in [0.29, 0.717) is 37.7 Å². The monoisotopic (exact) mass is 417 g/mol. The quantitative estimate of drug-likeness (QED) is 0.537. The summed E-state index contributed by atoms with van der Waals surface area (Å²) in [6.07, 6.45) is 1.82. The molecule has 0 saturated carbocycles. The van der Waals surface area contributed by atoms with Crippen LogP contribution in [0, 0.1) is 0 Å². The number of carbonyl (C=O) groups is 2. The average Bonchev–Trinajstić information content (AvgIpc) is 2.62. The van der Waals surface area contributed by atoms with Gasteiger partial charge in [0.2, 0.25) is 10.0 Å². The van der Waals surface area contributed by atoms with Crippen molar-refractivity contribution in [1.82, 2.24) is 14.9 Å². The van der Waals surface area contributed by atoms with Crippen LogP contribution in [0.5, 0.6) is 0 Å². The topological polar surface area (TPSA) is 100 Å². The van der Waals surface area contributed by atoms with Gasteiger partial charge in [0, 0.05) is 11.6 Å².